The van der Waals surface area contributed by atoms with Crippen molar-refractivity contribution in [1.29, 1.82) is 0 Å². The highest BCUT2D eigenvalue weighted by molar-refractivity contribution is 5.75. The number of aliphatic carboxylic acids is 1. The molecule has 5 heteroatoms. The van der Waals surface area contributed by atoms with E-state index in [-0.39, 0.29) is 5.56 Å². The summed E-state index contributed by atoms with van der Waals surface area (Å²) in [5, 5.41) is 8.63. The Morgan fingerprint density at radius 3 is 2.40 bits per heavy atom. The van der Waals surface area contributed by atoms with Gasteiger partial charge in [0, 0.05) is 0 Å². The largest absolute Gasteiger partial charge is 0.481 e. The third kappa shape index (κ3) is 2.49. The Kier molecular flexibility index (Phi) is 3.34. The van der Waals surface area contributed by atoms with Crippen molar-refractivity contribution in [3.63, 3.8) is 0 Å². The number of carboxylic acids is 1. The number of halogens is 3. The van der Waals surface area contributed by atoms with E-state index in [2.05, 4.69) is 0 Å². The molecular formula is C10H9F3O2. The number of benzene rings is 1. The number of carboxylic acid groups (broad SMARTS) is 1. The molecule has 82 valence electrons. The van der Waals surface area contributed by atoms with Gasteiger partial charge in [0.05, 0.1) is 11.5 Å². The summed E-state index contributed by atoms with van der Waals surface area (Å²) in [6.07, 6.45) is -2.89. The van der Waals surface area contributed by atoms with Crippen molar-refractivity contribution in [1.82, 2.24) is 0 Å². The van der Waals surface area contributed by atoms with Crippen molar-refractivity contribution in [3.8, 4) is 0 Å². The molecule has 0 saturated carbocycles. The number of rotatable bonds is 3. The zero-order valence-corrected chi connectivity index (χ0v) is 7.88. The van der Waals surface area contributed by atoms with E-state index in [4.69, 9.17) is 5.11 Å². The molecule has 0 heterocycles. The molecule has 1 aromatic carbocycles. The first-order chi connectivity index (χ1) is 6.93. The maximum atomic E-state index is 13.1. The lowest BCUT2D eigenvalue weighted by Gasteiger charge is -2.08. The molecule has 0 aliphatic carbocycles. The molecule has 0 spiro atoms. The van der Waals surface area contributed by atoms with Crippen LogP contribution in [-0.2, 0) is 4.79 Å². The SMILES string of the molecule is CC(C(=O)O)c1ccc(C(F)F)c(F)c1. The molecule has 2 nitrogen and oxygen atoms in total. The van der Waals surface area contributed by atoms with E-state index in [1.165, 1.54) is 13.0 Å². The molecule has 0 saturated heterocycles. The molecular weight excluding hydrogens is 209 g/mol. The van der Waals surface area contributed by atoms with E-state index in [0.29, 0.717) is 0 Å². The fourth-order valence-electron chi connectivity index (χ4n) is 1.13. The predicted octanol–water partition coefficient (Wildman–Crippen LogP) is 2.95. The van der Waals surface area contributed by atoms with Gasteiger partial charge in [0.15, 0.2) is 0 Å². The topological polar surface area (TPSA) is 37.3 Å². The Balaban J connectivity index is 3.06. The standard InChI is InChI=1S/C10H9F3O2/c1-5(10(14)15)6-2-3-7(9(12)13)8(11)4-6/h2-5,9H,1H3,(H,14,15). The number of alkyl halides is 2. The molecule has 0 radical (unpaired) electrons. The van der Waals surface area contributed by atoms with Crippen LogP contribution < -0.4 is 0 Å². The van der Waals surface area contributed by atoms with Gasteiger partial charge in [0.2, 0.25) is 0 Å². The van der Waals surface area contributed by atoms with Gasteiger partial charge in [-0.2, -0.15) is 0 Å². The molecule has 0 aliphatic rings. The van der Waals surface area contributed by atoms with E-state index in [1.54, 1.807) is 0 Å². The van der Waals surface area contributed by atoms with Crippen LogP contribution >= 0.6 is 0 Å². The Hall–Kier alpha value is -1.52. The molecule has 1 aromatic rings. The Morgan fingerprint density at radius 1 is 1.40 bits per heavy atom. The highest BCUT2D eigenvalue weighted by Gasteiger charge is 2.18. The van der Waals surface area contributed by atoms with Crippen molar-refractivity contribution in [2.24, 2.45) is 0 Å². The van der Waals surface area contributed by atoms with Crippen LogP contribution in [0.15, 0.2) is 18.2 Å². The second kappa shape index (κ2) is 4.33. The van der Waals surface area contributed by atoms with Crippen LogP contribution in [0.1, 0.15) is 30.4 Å². The van der Waals surface area contributed by atoms with Gasteiger partial charge in [-0.15, -0.1) is 0 Å². The van der Waals surface area contributed by atoms with E-state index in [0.717, 1.165) is 12.1 Å². The summed E-state index contributed by atoms with van der Waals surface area (Å²) in [5.74, 6) is -3.11. The summed E-state index contributed by atoms with van der Waals surface area (Å²) in [6.45, 7) is 1.36. The van der Waals surface area contributed by atoms with Crippen LogP contribution in [0.3, 0.4) is 0 Å². The average molecular weight is 218 g/mol. The van der Waals surface area contributed by atoms with Crippen molar-refractivity contribution in [2.75, 3.05) is 0 Å². The second-order valence-electron chi connectivity index (χ2n) is 3.14. The number of hydrogen-bond donors (Lipinski definition) is 1. The zero-order chi connectivity index (χ0) is 11.6. The summed E-state index contributed by atoms with van der Waals surface area (Å²) < 4.78 is 37.4. The Labute approximate surface area is 84.3 Å². The predicted molar refractivity (Wildman–Crippen MR) is 47.4 cm³/mol. The van der Waals surface area contributed by atoms with Crippen molar-refractivity contribution in [3.05, 3.63) is 35.1 Å². The maximum absolute atomic E-state index is 13.1. The molecule has 1 atom stereocenters. The first-order valence-electron chi connectivity index (χ1n) is 4.23. The summed E-state index contributed by atoms with van der Waals surface area (Å²) in [4.78, 5) is 10.6. The molecule has 0 bridgehead atoms. The quantitative estimate of drug-likeness (QED) is 0.846. The lowest BCUT2D eigenvalue weighted by molar-refractivity contribution is -0.138. The van der Waals surface area contributed by atoms with Crippen LogP contribution in [0, 0.1) is 5.82 Å². The van der Waals surface area contributed by atoms with Gasteiger partial charge in [-0.05, 0) is 18.6 Å². The number of carbonyl (C=O) groups is 1. The van der Waals surface area contributed by atoms with Gasteiger partial charge in [0.1, 0.15) is 5.82 Å². The Bertz CT molecular complexity index is 377. The van der Waals surface area contributed by atoms with Gasteiger partial charge in [-0.25, -0.2) is 13.2 Å². The van der Waals surface area contributed by atoms with Gasteiger partial charge >= 0.3 is 5.97 Å². The zero-order valence-electron chi connectivity index (χ0n) is 7.88. The van der Waals surface area contributed by atoms with Crippen molar-refractivity contribution < 1.29 is 23.1 Å². The monoisotopic (exact) mass is 218 g/mol. The molecule has 0 amide bonds. The summed E-state index contributed by atoms with van der Waals surface area (Å²) in [6, 6.07) is 2.94. The molecule has 1 N–H and O–H groups in total. The van der Waals surface area contributed by atoms with Crippen LogP contribution in [-0.4, -0.2) is 11.1 Å². The van der Waals surface area contributed by atoms with Crippen LogP contribution in [0.2, 0.25) is 0 Å². The lowest BCUT2D eigenvalue weighted by atomic mass is 10.00. The first-order valence-corrected chi connectivity index (χ1v) is 4.23. The van der Waals surface area contributed by atoms with Crippen molar-refractivity contribution in [2.45, 2.75) is 19.3 Å². The molecule has 0 fully saturated rings. The van der Waals surface area contributed by atoms with Gasteiger partial charge in [-0.1, -0.05) is 12.1 Å². The van der Waals surface area contributed by atoms with Crippen LogP contribution in [0.4, 0.5) is 13.2 Å². The molecule has 15 heavy (non-hydrogen) atoms. The average Bonchev–Trinajstić information content (AvgIpc) is 2.15. The number of hydrogen-bond acceptors (Lipinski definition) is 1. The minimum atomic E-state index is -2.89. The summed E-state index contributed by atoms with van der Waals surface area (Å²) >= 11 is 0. The smallest absolute Gasteiger partial charge is 0.310 e. The van der Waals surface area contributed by atoms with Crippen molar-refractivity contribution >= 4 is 5.97 Å². The summed E-state index contributed by atoms with van der Waals surface area (Å²) in [5.41, 5.74) is -0.541. The van der Waals surface area contributed by atoms with E-state index in [1.807, 2.05) is 0 Å². The Morgan fingerprint density at radius 2 is 2.00 bits per heavy atom. The van der Waals surface area contributed by atoms with E-state index >= 15 is 0 Å². The normalized spacial score (nSPS) is 12.9. The lowest BCUT2D eigenvalue weighted by Crippen LogP contribution is -2.08. The van der Waals surface area contributed by atoms with Crippen LogP contribution in [0.25, 0.3) is 0 Å². The molecule has 0 aliphatic heterocycles. The highest BCUT2D eigenvalue weighted by atomic mass is 19.3. The third-order valence-corrected chi connectivity index (χ3v) is 2.13. The second-order valence-corrected chi connectivity index (χ2v) is 3.14. The third-order valence-electron chi connectivity index (χ3n) is 2.13. The molecule has 0 aromatic heterocycles. The van der Waals surface area contributed by atoms with E-state index in [9.17, 15) is 18.0 Å². The van der Waals surface area contributed by atoms with Gasteiger partial charge in [0.25, 0.3) is 6.43 Å². The summed E-state index contributed by atoms with van der Waals surface area (Å²) in [7, 11) is 0. The fraction of sp³-hybridized carbons (Fsp3) is 0.300. The molecule has 1 unspecified atom stereocenters. The van der Waals surface area contributed by atoms with E-state index < -0.39 is 29.7 Å². The van der Waals surface area contributed by atoms with Gasteiger partial charge < -0.3 is 5.11 Å². The highest BCUT2D eigenvalue weighted by Crippen LogP contribution is 2.25. The minimum absolute atomic E-state index is 0.171. The maximum Gasteiger partial charge on any atom is 0.310 e. The van der Waals surface area contributed by atoms with Gasteiger partial charge in [-0.3, -0.25) is 4.79 Å². The molecule has 1 rings (SSSR count). The van der Waals surface area contributed by atoms with Crippen LogP contribution in [0.5, 0.6) is 0 Å². The first kappa shape index (κ1) is 11.6. The minimum Gasteiger partial charge on any atom is -0.481 e. The fourth-order valence-corrected chi connectivity index (χ4v) is 1.13.